The van der Waals surface area contributed by atoms with Crippen LogP contribution >= 0.6 is 0 Å². The molecule has 2 heteroatoms. The van der Waals surface area contributed by atoms with Gasteiger partial charge in [0.05, 0.1) is 0 Å². The van der Waals surface area contributed by atoms with Gasteiger partial charge in [-0.15, -0.1) is 0 Å². The van der Waals surface area contributed by atoms with Crippen molar-refractivity contribution in [1.82, 2.24) is 0 Å². The summed E-state index contributed by atoms with van der Waals surface area (Å²) >= 11 is 0. The summed E-state index contributed by atoms with van der Waals surface area (Å²) in [4.78, 5) is 0. The Morgan fingerprint density at radius 2 is 1.33 bits per heavy atom. The fourth-order valence-electron chi connectivity index (χ4n) is 3.77. The lowest BCUT2D eigenvalue weighted by Gasteiger charge is -2.31. The molecule has 0 radical (unpaired) electrons. The second kappa shape index (κ2) is 11.7. The first-order valence-electron chi connectivity index (χ1n) is 9.94. The first-order valence-corrected chi connectivity index (χ1v) is 12.5. The minimum absolute atomic E-state index is 0.598. The maximum Gasteiger partial charge on any atom is 0.192 e. The van der Waals surface area contributed by atoms with E-state index in [2.05, 4.69) is 20.8 Å². The van der Waals surface area contributed by atoms with E-state index in [0.717, 1.165) is 0 Å². The second-order valence-corrected chi connectivity index (χ2v) is 11.5. The van der Waals surface area contributed by atoms with Crippen LogP contribution in [-0.4, -0.2) is 14.4 Å². The molecule has 0 bridgehead atoms. The summed E-state index contributed by atoms with van der Waals surface area (Å²) in [6, 6.07) is 4.25. The summed E-state index contributed by atoms with van der Waals surface area (Å²) in [6.07, 6.45) is 17.3. The van der Waals surface area contributed by atoms with Crippen LogP contribution in [0.2, 0.25) is 18.1 Å². The highest BCUT2D eigenvalue weighted by Crippen LogP contribution is 2.36. The van der Waals surface area contributed by atoms with Crippen molar-refractivity contribution in [3.05, 3.63) is 0 Å². The maximum absolute atomic E-state index is 6.82. The van der Waals surface area contributed by atoms with E-state index < -0.39 is 8.32 Å². The summed E-state index contributed by atoms with van der Waals surface area (Å²) in [5.41, 5.74) is 0. The molecule has 0 aliphatic carbocycles. The number of unbranched alkanes of at least 4 members (excludes halogenated alkanes) is 6. The average molecular weight is 313 g/mol. The number of rotatable bonds is 13. The molecule has 0 saturated carbocycles. The summed E-state index contributed by atoms with van der Waals surface area (Å²) in [5, 5.41) is 0. The van der Waals surface area contributed by atoms with Crippen LogP contribution in [0.4, 0.5) is 0 Å². The zero-order valence-corrected chi connectivity index (χ0v) is 16.1. The van der Waals surface area contributed by atoms with Crippen molar-refractivity contribution in [1.29, 1.82) is 0 Å². The monoisotopic (exact) mass is 312 g/mol. The highest BCUT2D eigenvalue weighted by atomic mass is 28.4. The van der Waals surface area contributed by atoms with Crippen LogP contribution in [0, 0.1) is 0 Å². The Balaban J connectivity index is 2.29. The van der Waals surface area contributed by atoms with Crippen molar-refractivity contribution in [3.8, 4) is 0 Å². The minimum Gasteiger partial charge on any atom is -0.414 e. The van der Waals surface area contributed by atoms with E-state index in [1.165, 1.54) is 95.2 Å². The molecule has 1 aliphatic rings. The molecule has 1 fully saturated rings. The molecule has 1 aliphatic heterocycles. The molecule has 1 saturated heterocycles. The third-order valence-electron chi connectivity index (χ3n) is 5.34. The van der Waals surface area contributed by atoms with Crippen LogP contribution in [0.15, 0.2) is 0 Å². The molecule has 0 N–H and O–H groups in total. The van der Waals surface area contributed by atoms with E-state index in [9.17, 15) is 0 Å². The highest BCUT2D eigenvalue weighted by molar-refractivity contribution is 6.74. The Kier molecular flexibility index (Phi) is 10.7. The Labute approximate surface area is 135 Å². The average Bonchev–Trinajstić information content (AvgIpc) is 2.97. The molecule has 21 heavy (non-hydrogen) atoms. The van der Waals surface area contributed by atoms with Crippen LogP contribution in [0.3, 0.4) is 0 Å². The lowest BCUT2D eigenvalue weighted by atomic mass is 10.0. The predicted octanol–water partition coefficient (Wildman–Crippen LogP) is 7.07. The lowest BCUT2D eigenvalue weighted by Crippen LogP contribution is -2.38. The van der Waals surface area contributed by atoms with Gasteiger partial charge in [0.2, 0.25) is 0 Å². The first-order chi connectivity index (χ1) is 10.3. The largest absolute Gasteiger partial charge is 0.414 e. The Morgan fingerprint density at radius 1 is 0.762 bits per heavy atom. The van der Waals surface area contributed by atoms with Gasteiger partial charge in [-0.1, -0.05) is 85.0 Å². The summed E-state index contributed by atoms with van der Waals surface area (Å²) in [7, 11) is -1.30. The Bertz CT molecular complexity index is 236. The van der Waals surface area contributed by atoms with Gasteiger partial charge in [0.1, 0.15) is 0 Å². The molecule has 0 aromatic carbocycles. The molecule has 0 aromatic heterocycles. The molecule has 1 atom stereocenters. The molecule has 0 amide bonds. The van der Waals surface area contributed by atoms with E-state index in [1.807, 2.05) is 0 Å². The van der Waals surface area contributed by atoms with Crippen molar-refractivity contribution < 1.29 is 4.43 Å². The second-order valence-electron chi connectivity index (χ2n) is 7.18. The van der Waals surface area contributed by atoms with Gasteiger partial charge in [0, 0.05) is 6.10 Å². The van der Waals surface area contributed by atoms with Gasteiger partial charge in [0.15, 0.2) is 8.32 Å². The number of hydrogen-bond acceptors (Lipinski definition) is 1. The minimum atomic E-state index is -1.30. The van der Waals surface area contributed by atoms with E-state index in [-0.39, 0.29) is 0 Å². The van der Waals surface area contributed by atoms with Gasteiger partial charge in [-0.3, -0.25) is 0 Å². The van der Waals surface area contributed by atoms with E-state index in [1.54, 1.807) is 0 Å². The lowest BCUT2D eigenvalue weighted by molar-refractivity contribution is 0.161. The molecule has 0 aromatic rings. The van der Waals surface area contributed by atoms with Gasteiger partial charge in [-0.25, -0.2) is 0 Å². The summed E-state index contributed by atoms with van der Waals surface area (Å²) < 4.78 is 6.82. The third-order valence-corrected chi connectivity index (χ3v) is 9.99. The number of hydrogen-bond donors (Lipinski definition) is 0. The molecule has 1 unspecified atom stereocenters. The third kappa shape index (κ3) is 7.83. The van der Waals surface area contributed by atoms with Crippen LogP contribution in [0.1, 0.15) is 97.8 Å². The molecule has 1 rings (SSSR count). The highest BCUT2D eigenvalue weighted by Gasteiger charge is 2.38. The first kappa shape index (κ1) is 19.2. The van der Waals surface area contributed by atoms with Gasteiger partial charge in [0.25, 0.3) is 0 Å². The predicted molar refractivity (Wildman–Crippen MR) is 97.5 cm³/mol. The summed E-state index contributed by atoms with van der Waals surface area (Å²) in [6.45, 7) is 6.99. The van der Waals surface area contributed by atoms with Crippen LogP contribution in [0.5, 0.6) is 0 Å². The van der Waals surface area contributed by atoms with E-state index in [4.69, 9.17) is 4.43 Å². The van der Waals surface area contributed by atoms with Crippen LogP contribution in [0.25, 0.3) is 0 Å². The molecule has 1 nitrogen and oxygen atoms in total. The van der Waals surface area contributed by atoms with Gasteiger partial charge in [-0.2, -0.15) is 0 Å². The SMILES string of the molecule is CCCCCCCCC(CCCC)O[Si]1(CC)CCCC1. The van der Waals surface area contributed by atoms with E-state index >= 15 is 0 Å². The molecule has 1 heterocycles. The normalized spacial score (nSPS) is 19.0. The zero-order chi connectivity index (χ0) is 15.4. The van der Waals surface area contributed by atoms with Gasteiger partial charge < -0.3 is 4.43 Å². The van der Waals surface area contributed by atoms with Crippen molar-refractivity contribution in [2.75, 3.05) is 0 Å². The quantitative estimate of drug-likeness (QED) is 0.261. The van der Waals surface area contributed by atoms with Crippen molar-refractivity contribution in [3.63, 3.8) is 0 Å². The molecule has 0 spiro atoms. The van der Waals surface area contributed by atoms with Crippen molar-refractivity contribution >= 4 is 8.32 Å². The molecular formula is C19H40OSi. The Morgan fingerprint density at radius 3 is 1.95 bits per heavy atom. The topological polar surface area (TPSA) is 9.23 Å². The van der Waals surface area contributed by atoms with Crippen molar-refractivity contribution in [2.24, 2.45) is 0 Å². The van der Waals surface area contributed by atoms with Crippen LogP contribution in [-0.2, 0) is 4.43 Å². The van der Waals surface area contributed by atoms with Gasteiger partial charge >= 0.3 is 0 Å². The van der Waals surface area contributed by atoms with Crippen molar-refractivity contribution in [2.45, 2.75) is 122 Å². The standard InChI is InChI=1S/C19H40OSi/c1-4-7-9-10-11-12-16-19(15-8-5-2)20-21(6-3)17-13-14-18-21/h19H,4-18H2,1-3H3. The fraction of sp³-hybridized carbons (Fsp3) is 1.00. The van der Waals surface area contributed by atoms with E-state index in [0.29, 0.717) is 6.10 Å². The zero-order valence-electron chi connectivity index (χ0n) is 15.1. The maximum atomic E-state index is 6.82. The molecular weight excluding hydrogens is 272 g/mol. The molecule has 126 valence electrons. The van der Waals surface area contributed by atoms with Crippen LogP contribution < -0.4 is 0 Å². The summed E-state index contributed by atoms with van der Waals surface area (Å²) in [5.74, 6) is 0. The smallest absolute Gasteiger partial charge is 0.192 e. The van der Waals surface area contributed by atoms with Gasteiger partial charge in [-0.05, 0) is 31.0 Å². The fourth-order valence-corrected chi connectivity index (χ4v) is 7.86. The Hall–Kier alpha value is 0.177.